The quantitative estimate of drug-likeness (QED) is 0.925. The van der Waals surface area contributed by atoms with E-state index in [1.807, 2.05) is 0 Å². The van der Waals surface area contributed by atoms with Gasteiger partial charge in [-0.15, -0.1) is 0 Å². The van der Waals surface area contributed by atoms with Crippen LogP contribution in [0, 0.1) is 0 Å². The SMILES string of the molecule is CN(C(=O)c1c(Cl)cccc1Cl)c1ccncc1N. The molecule has 0 aliphatic rings. The summed E-state index contributed by atoms with van der Waals surface area (Å²) in [6, 6.07) is 6.56. The molecule has 0 saturated heterocycles. The van der Waals surface area contributed by atoms with Crippen LogP contribution in [-0.2, 0) is 0 Å². The fourth-order valence-corrected chi connectivity index (χ4v) is 2.24. The van der Waals surface area contributed by atoms with E-state index in [9.17, 15) is 4.79 Å². The van der Waals surface area contributed by atoms with Gasteiger partial charge in [-0.2, -0.15) is 0 Å². The van der Waals surface area contributed by atoms with Crippen LogP contribution in [0.25, 0.3) is 0 Å². The van der Waals surface area contributed by atoms with E-state index in [0.29, 0.717) is 21.4 Å². The van der Waals surface area contributed by atoms with E-state index < -0.39 is 0 Å². The Labute approximate surface area is 120 Å². The second-order valence-electron chi connectivity index (χ2n) is 3.90. The van der Waals surface area contributed by atoms with Crippen LogP contribution in [0.15, 0.2) is 36.7 Å². The summed E-state index contributed by atoms with van der Waals surface area (Å²) in [5, 5.41) is 0.606. The van der Waals surface area contributed by atoms with Gasteiger partial charge in [0.2, 0.25) is 0 Å². The monoisotopic (exact) mass is 295 g/mol. The van der Waals surface area contributed by atoms with Crippen molar-refractivity contribution in [3.05, 3.63) is 52.3 Å². The highest BCUT2D eigenvalue weighted by Crippen LogP contribution is 2.28. The number of halogens is 2. The van der Waals surface area contributed by atoms with Gasteiger partial charge >= 0.3 is 0 Å². The molecular formula is C13H11Cl2N3O. The maximum absolute atomic E-state index is 12.4. The maximum Gasteiger partial charge on any atom is 0.261 e. The summed E-state index contributed by atoms with van der Waals surface area (Å²) < 4.78 is 0. The third-order valence-corrected chi connectivity index (χ3v) is 3.30. The molecule has 2 aromatic rings. The molecule has 1 amide bonds. The van der Waals surface area contributed by atoms with Crippen LogP contribution in [0.5, 0.6) is 0 Å². The summed E-state index contributed by atoms with van der Waals surface area (Å²) in [4.78, 5) is 17.7. The van der Waals surface area contributed by atoms with E-state index in [1.54, 1.807) is 37.5 Å². The van der Waals surface area contributed by atoms with Crippen LogP contribution in [0.3, 0.4) is 0 Å². The summed E-state index contributed by atoms with van der Waals surface area (Å²) in [5.41, 5.74) is 7.00. The second-order valence-corrected chi connectivity index (χ2v) is 4.71. The van der Waals surface area contributed by atoms with Crippen molar-refractivity contribution < 1.29 is 4.79 Å². The standard InChI is InChI=1S/C13H11Cl2N3O/c1-18(11-5-6-17-7-10(11)16)13(19)12-8(14)3-2-4-9(12)15/h2-7H,16H2,1H3. The molecule has 0 bridgehead atoms. The number of aromatic nitrogens is 1. The van der Waals surface area contributed by atoms with Crippen LogP contribution in [0.4, 0.5) is 11.4 Å². The van der Waals surface area contributed by atoms with Crippen molar-refractivity contribution >= 4 is 40.5 Å². The van der Waals surface area contributed by atoms with E-state index in [1.165, 1.54) is 11.1 Å². The van der Waals surface area contributed by atoms with E-state index >= 15 is 0 Å². The molecule has 0 spiro atoms. The van der Waals surface area contributed by atoms with Crippen molar-refractivity contribution in [2.24, 2.45) is 0 Å². The van der Waals surface area contributed by atoms with Gasteiger partial charge in [-0.3, -0.25) is 9.78 Å². The Hall–Kier alpha value is -1.78. The van der Waals surface area contributed by atoms with Crippen molar-refractivity contribution in [1.29, 1.82) is 0 Å². The highest BCUT2D eigenvalue weighted by atomic mass is 35.5. The lowest BCUT2D eigenvalue weighted by Crippen LogP contribution is -2.27. The lowest BCUT2D eigenvalue weighted by atomic mass is 10.2. The smallest absolute Gasteiger partial charge is 0.261 e. The van der Waals surface area contributed by atoms with Crippen molar-refractivity contribution in [3.8, 4) is 0 Å². The van der Waals surface area contributed by atoms with Gasteiger partial charge in [-0.25, -0.2) is 0 Å². The summed E-state index contributed by atoms with van der Waals surface area (Å²) >= 11 is 12.0. The van der Waals surface area contributed by atoms with E-state index in [2.05, 4.69) is 4.98 Å². The van der Waals surface area contributed by atoms with Crippen LogP contribution in [0.2, 0.25) is 10.0 Å². The van der Waals surface area contributed by atoms with Gasteiger partial charge in [0, 0.05) is 13.2 Å². The maximum atomic E-state index is 12.4. The van der Waals surface area contributed by atoms with E-state index in [4.69, 9.17) is 28.9 Å². The summed E-state index contributed by atoms with van der Waals surface area (Å²) in [6.07, 6.45) is 3.04. The van der Waals surface area contributed by atoms with Crippen molar-refractivity contribution in [1.82, 2.24) is 4.98 Å². The average molecular weight is 296 g/mol. The normalized spacial score (nSPS) is 10.3. The molecule has 0 aliphatic heterocycles. The number of benzene rings is 1. The van der Waals surface area contributed by atoms with Gasteiger partial charge in [0.25, 0.3) is 5.91 Å². The summed E-state index contributed by atoms with van der Waals surface area (Å²) in [6.45, 7) is 0. The molecule has 1 aromatic heterocycles. The van der Waals surface area contributed by atoms with Crippen molar-refractivity contribution in [2.75, 3.05) is 17.7 Å². The Kier molecular flexibility index (Phi) is 3.93. The Morgan fingerprint density at radius 3 is 2.47 bits per heavy atom. The molecule has 0 radical (unpaired) electrons. The Balaban J connectivity index is 2.43. The predicted molar refractivity (Wildman–Crippen MR) is 77.8 cm³/mol. The van der Waals surface area contributed by atoms with Crippen molar-refractivity contribution in [2.45, 2.75) is 0 Å². The molecule has 19 heavy (non-hydrogen) atoms. The van der Waals surface area contributed by atoms with E-state index in [-0.39, 0.29) is 11.5 Å². The number of carbonyl (C=O) groups excluding carboxylic acids is 1. The topological polar surface area (TPSA) is 59.2 Å². The molecule has 2 rings (SSSR count). The van der Waals surface area contributed by atoms with Gasteiger partial charge in [0.05, 0.1) is 33.2 Å². The molecular weight excluding hydrogens is 285 g/mol. The second kappa shape index (κ2) is 5.47. The van der Waals surface area contributed by atoms with Crippen LogP contribution in [0.1, 0.15) is 10.4 Å². The molecule has 1 heterocycles. The highest BCUT2D eigenvalue weighted by molar-refractivity contribution is 6.40. The first kappa shape index (κ1) is 13.6. The highest BCUT2D eigenvalue weighted by Gasteiger charge is 2.20. The number of carbonyl (C=O) groups is 1. The fraction of sp³-hybridized carbons (Fsp3) is 0.0769. The fourth-order valence-electron chi connectivity index (χ4n) is 1.68. The molecule has 0 saturated carbocycles. The summed E-state index contributed by atoms with van der Waals surface area (Å²) in [5.74, 6) is -0.325. The molecule has 0 atom stereocenters. The Bertz CT molecular complexity index is 611. The first-order valence-corrected chi connectivity index (χ1v) is 6.19. The molecule has 0 unspecified atom stereocenters. The Morgan fingerprint density at radius 2 is 1.89 bits per heavy atom. The number of nitrogens with zero attached hydrogens (tertiary/aromatic N) is 2. The van der Waals surface area contributed by atoms with E-state index in [0.717, 1.165) is 0 Å². The zero-order valence-corrected chi connectivity index (χ0v) is 11.6. The van der Waals surface area contributed by atoms with Crippen LogP contribution >= 0.6 is 23.2 Å². The molecule has 0 fully saturated rings. The average Bonchev–Trinajstić information content (AvgIpc) is 2.38. The van der Waals surface area contributed by atoms with Gasteiger partial charge < -0.3 is 10.6 Å². The number of anilines is 2. The van der Waals surface area contributed by atoms with Gasteiger partial charge in [-0.05, 0) is 18.2 Å². The third kappa shape index (κ3) is 2.64. The lowest BCUT2D eigenvalue weighted by Gasteiger charge is -2.20. The molecule has 98 valence electrons. The molecule has 1 aromatic carbocycles. The number of nitrogen functional groups attached to an aromatic ring is 1. The number of hydrogen-bond donors (Lipinski definition) is 1. The number of pyridine rings is 1. The minimum absolute atomic E-state index is 0.254. The van der Waals surface area contributed by atoms with Crippen LogP contribution in [-0.4, -0.2) is 17.9 Å². The van der Waals surface area contributed by atoms with Crippen molar-refractivity contribution in [3.63, 3.8) is 0 Å². The molecule has 4 nitrogen and oxygen atoms in total. The first-order valence-electron chi connectivity index (χ1n) is 5.44. The zero-order valence-electron chi connectivity index (χ0n) is 10.1. The third-order valence-electron chi connectivity index (χ3n) is 2.67. The largest absolute Gasteiger partial charge is 0.396 e. The van der Waals surface area contributed by atoms with Crippen LogP contribution < -0.4 is 10.6 Å². The number of nitrogens with two attached hydrogens (primary N) is 1. The molecule has 2 N–H and O–H groups in total. The zero-order chi connectivity index (χ0) is 14.0. The predicted octanol–water partition coefficient (Wildman–Crippen LogP) is 3.25. The molecule has 6 heteroatoms. The number of hydrogen-bond acceptors (Lipinski definition) is 3. The van der Waals surface area contributed by atoms with Gasteiger partial charge in [0.1, 0.15) is 0 Å². The Morgan fingerprint density at radius 1 is 1.26 bits per heavy atom. The van der Waals surface area contributed by atoms with Gasteiger partial charge in [-0.1, -0.05) is 29.3 Å². The first-order chi connectivity index (χ1) is 9.02. The molecule has 0 aliphatic carbocycles. The minimum Gasteiger partial charge on any atom is -0.396 e. The summed E-state index contributed by atoms with van der Waals surface area (Å²) in [7, 11) is 1.60. The minimum atomic E-state index is -0.325. The lowest BCUT2D eigenvalue weighted by molar-refractivity contribution is 0.0993. The number of amides is 1. The van der Waals surface area contributed by atoms with Gasteiger partial charge in [0.15, 0.2) is 0 Å². The number of rotatable bonds is 2.